The Kier molecular flexibility index (Phi) is 2.12. The molecule has 0 radical (unpaired) electrons. The Bertz CT molecular complexity index is 850. The Labute approximate surface area is 115 Å². The highest BCUT2D eigenvalue weighted by Gasteiger charge is 2.24. The fourth-order valence-electron chi connectivity index (χ4n) is 2.73. The molecular weight excluding hydrogens is 252 g/mol. The number of nitrogens with one attached hydrogen (secondary N) is 1. The summed E-state index contributed by atoms with van der Waals surface area (Å²) in [5, 5.41) is 7.01. The Balaban J connectivity index is 1.96. The molecule has 3 aromatic rings. The van der Waals surface area contributed by atoms with Crippen LogP contribution < -0.4 is 11.1 Å². The first-order chi connectivity index (χ1) is 9.74. The number of nitrogens with two attached hydrogens (primary N) is 1. The van der Waals surface area contributed by atoms with E-state index in [0.29, 0.717) is 17.8 Å². The third-order valence-electron chi connectivity index (χ3n) is 3.71. The van der Waals surface area contributed by atoms with E-state index in [0.717, 1.165) is 22.2 Å². The van der Waals surface area contributed by atoms with E-state index in [4.69, 9.17) is 5.73 Å². The van der Waals surface area contributed by atoms with Gasteiger partial charge in [-0.25, -0.2) is 4.52 Å². The smallest absolute Gasteiger partial charge is 0.254 e. The summed E-state index contributed by atoms with van der Waals surface area (Å²) in [4.78, 5) is 11.8. The molecule has 0 fully saturated rings. The van der Waals surface area contributed by atoms with Crippen LogP contribution in [0.25, 0.3) is 16.6 Å². The number of nitrogen functional groups attached to an aromatic ring is 1. The second-order valence-corrected chi connectivity index (χ2v) is 4.85. The van der Waals surface area contributed by atoms with Gasteiger partial charge in [-0.15, -0.1) is 0 Å². The molecule has 0 aliphatic carbocycles. The van der Waals surface area contributed by atoms with Gasteiger partial charge in [0, 0.05) is 24.6 Å². The van der Waals surface area contributed by atoms with Crippen LogP contribution in [0.2, 0.25) is 0 Å². The second kappa shape index (κ2) is 3.84. The standard InChI is InChI=1S/C15H12N4O/c16-13-2-1-11(12-8-17-15(20)14(12)13)9-4-6-19-10(7-9)3-5-18-19/h1-7H,8,16H2,(H,17,20). The van der Waals surface area contributed by atoms with Gasteiger partial charge in [0.1, 0.15) is 0 Å². The average molecular weight is 264 g/mol. The zero-order valence-electron chi connectivity index (χ0n) is 10.6. The van der Waals surface area contributed by atoms with Gasteiger partial charge in [-0.1, -0.05) is 6.07 Å². The van der Waals surface area contributed by atoms with Gasteiger partial charge in [-0.2, -0.15) is 5.10 Å². The minimum absolute atomic E-state index is 0.0928. The minimum Gasteiger partial charge on any atom is -0.398 e. The molecule has 20 heavy (non-hydrogen) atoms. The van der Waals surface area contributed by atoms with E-state index in [1.54, 1.807) is 12.3 Å². The van der Waals surface area contributed by atoms with Gasteiger partial charge in [0.05, 0.1) is 11.1 Å². The summed E-state index contributed by atoms with van der Waals surface area (Å²) in [5.41, 5.74) is 11.1. The fraction of sp³-hybridized carbons (Fsp3) is 0.0667. The first kappa shape index (κ1) is 11.0. The predicted molar refractivity (Wildman–Crippen MR) is 76.2 cm³/mol. The molecule has 1 aromatic carbocycles. The summed E-state index contributed by atoms with van der Waals surface area (Å²) in [6.07, 6.45) is 3.68. The zero-order valence-corrected chi connectivity index (χ0v) is 10.6. The third kappa shape index (κ3) is 1.43. The van der Waals surface area contributed by atoms with Crippen LogP contribution in [-0.4, -0.2) is 15.5 Å². The molecule has 0 atom stereocenters. The Morgan fingerprint density at radius 3 is 3.05 bits per heavy atom. The van der Waals surface area contributed by atoms with Crippen molar-refractivity contribution in [3.05, 3.63) is 53.9 Å². The van der Waals surface area contributed by atoms with Crippen LogP contribution in [0.1, 0.15) is 15.9 Å². The first-order valence-electron chi connectivity index (χ1n) is 6.37. The highest BCUT2D eigenvalue weighted by atomic mass is 16.1. The lowest BCUT2D eigenvalue weighted by Crippen LogP contribution is -2.13. The summed E-state index contributed by atoms with van der Waals surface area (Å²) in [7, 11) is 0. The van der Waals surface area contributed by atoms with E-state index in [1.165, 1.54) is 0 Å². The minimum atomic E-state index is -0.0928. The van der Waals surface area contributed by atoms with Crippen LogP contribution in [0.3, 0.4) is 0 Å². The molecule has 2 aromatic heterocycles. The summed E-state index contributed by atoms with van der Waals surface area (Å²) in [5.74, 6) is -0.0928. The van der Waals surface area contributed by atoms with Crippen molar-refractivity contribution >= 4 is 17.1 Å². The molecule has 98 valence electrons. The SMILES string of the molecule is Nc1ccc(-c2ccn3nccc3c2)c2c1C(=O)NC2. The van der Waals surface area contributed by atoms with E-state index >= 15 is 0 Å². The molecule has 1 amide bonds. The number of carbonyl (C=O) groups is 1. The number of hydrogen-bond donors (Lipinski definition) is 2. The van der Waals surface area contributed by atoms with Crippen molar-refractivity contribution in [3.8, 4) is 11.1 Å². The topological polar surface area (TPSA) is 72.4 Å². The number of rotatable bonds is 1. The van der Waals surface area contributed by atoms with Gasteiger partial charge in [0.25, 0.3) is 5.91 Å². The molecule has 1 aliphatic rings. The highest BCUT2D eigenvalue weighted by molar-refractivity contribution is 6.05. The van der Waals surface area contributed by atoms with Gasteiger partial charge in [-0.3, -0.25) is 4.79 Å². The van der Waals surface area contributed by atoms with E-state index < -0.39 is 0 Å². The Hall–Kier alpha value is -2.82. The molecule has 5 nitrogen and oxygen atoms in total. The molecule has 3 N–H and O–H groups in total. The number of carbonyl (C=O) groups excluding carboxylic acids is 1. The third-order valence-corrected chi connectivity index (χ3v) is 3.71. The first-order valence-corrected chi connectivity index (χ1v) is 6.37. The average Bonchev–Trinajstić information content (AvgIpc) is 3.06. The number of hydrogen-bond acceptors (Lipinski definition) is 3. The van der Waals surface area contributed by atoms with Crippen molar-refractivity contribution in [3.63, 3.8) is 0 Å². The summed E-state index contributed by atoms with van der Waals surface area (Å²) < 4.78 is 1.81. The lowest BCUT2D eigenvalue weighted by Gasteiger charge is -2.09. The van der Waals surface area contributed by atoms with Crippen molar-refractivity contribution in [1.29, 1.82) is 0 Å². The number of nitrogens with zero attached hydrogens (tertiary/aromatic N) is 2. The lowest BCUT2D eigenvalue weighted by atomic mass is 9.96. The molecule has 0 saturated carbocycles. The molecule has 4 rings (SSSR count). The van der Waals surface area contributed by atoms with Gasteiger partial charge in [0.15, 0.2) is 0 Å². The van der Waals surface area contributed by atoms with Gasteiger partial charge in [0.2, 0.25) is 0 Å². The quantitative estimate of drug-likeness (QED) is 0.658. The maximum atomic E-state index is 11.8. The summed E-state index contributed by atoms with van der Waals surface area (Å²) in [6.45, 7) is 0.527. The highest BCUT2D eigenvalue weighted by Crippen LogP contribution is 2.33. The molecule has 1 aliphatic heterocycles. The summed E-state index contributed by atoms with van der Waals surface area (Å²) >= 11 is 0. The number of anilines is 1. The van der Waals surface area contributed by atoms with Crippen LogP contribution in [-0.2, 0) is 6.54 Å². The maximum absolute atomic E-state index is 11.8. The van der Waals surface area contributed by atoms with Crippen LogP contribution in [0.4, 0.5) is 5.69 Å². The lowest BCUT2D eigenvalue weighted by molar-refractivity contribution is 0.0966. The Morgan fingerprint density at radius 2 is 2.15 bits per heavy atom. The van der Waals surface area contributed by atoms with Crippen molar-refractivity contribution in [2.75, 3.05) is 5.73 Å². The molecule has 0 unspecified atom stereocenters. The van der Waals surface area contributed by atoms with Crippen LogP contribution in [0.15, 0.2) is 42.7 Å². The van der Waals surface area contributed by atoms with Crippen molar-refractivity contribution < 1.29 is 4.79 Å². The van der Waals surface area contributed by atoms with E-state index in [2.05, 4.69) is 16.5 Å². The largest absolute Gasteiger partial charge is 0.398 e. The monoisotopic (exact) mass is 264 g/mol. The molecule has 0 bridgehead atoms. The molecule has 5 heteroatoms. The second-order valence-electron chi connectivity index (χ2n) is 4.85. The number of pyridine rings is 1. The fourth-order valence-corrected chi connectivity index (χ4v) is 2.73. The predicted octanol–water partition coefficient (Wildman–Crippen LogP) is 1.83. The van der Waals surface area contributed by atoms with Gasteiger partial charge in [-0.05, 0) is 41.0 Å². The number of amides is 1. The van der Waals surface area contributed by atoms with Crippen molar-refractivity contribution in [2.45, 2.75) is 6.54 Å². The van der Waals surface area contributed by atoms with Crippen LogP contribution in [0, 0.1) is 0 Å². The number of aromatic nitrogens is 2. The normalized spacial score (nSPS) is 13.5. The van der Waals surface area contributed by atoms with E-state index in [-0.39, 0.29) is 5.91 Å². The van der Waals surface area contributed by atoms with Gasteiger partial charge >= 0.3 is 0 Å². The van der Waals surface area contributed by atoms with Crippen molar-refractivity contribution in [2.24, 2.45) is 0 Å². The maximum Gasteiger partial charge on any atom is 0.254 e. The number of fused-ring (bicyclic) bond motifs is 2. The van der Waals surface area contributed by atoms with Crippen LogP contribution >= 0.6 is 0 Å². The molecule has 0 saturated heterocycles. The van der Waals surface area contributed by atoms with Gasteiger partial charge < -0.3 is 11.1 Å². The molecular formula is C15H12N4O. The van der Waals surface area contributed by atoms with Crippen molar-refractivity contribution in [1.82, 2.24) is 14.9 Å². The summed E-state index contributed by atoms with van der Waals surface area (Å²) in [6, 6.07) is 9.76. The number of benzene rings is 1. The van der Waals surface area contributed by atoms with E-state index in [1.807, 2.05) is 28.9 Å². The molecule has 0 spiro atoms. The zero-order chi connectivity index (χ0) is 13.7. The van der Waals surface area contributed by atoms with E-state index in [9.17, 15) is 4.79 Å². The Morgan fingerprint density at radius 1 is 1.25 bits per heavy atom. The van der Waals surface area contributed by atoms with Crippen LogP contribution in [0.5, 0.6) is 0 Å². The molecule has 3 heterocycles.